The molecule has 0 atom stereocenters. The molecule has 0 amide bonds. The molecule has 90 valence electrons. The van der Waals surface area contributed by atoms with Crippen molar-refractivity contribution in [3.05, 3.63) is 23.2 Å². The van der Waals surface area contributed by atoms with Crippen molar-refractivity contribution in [3.63, 3.8) is 0 Å². The molecule has 17 heavy (non-hydrogen) atoms. The molecule has 1 aromatic carbocycles. The summed E-state index contributed by atoms with van der Waals surface area (Å²) >= 11 is 1.66. The van der Waals surface area contributed by atoms with E-state index in [1.165, 1.54) is 0 Å². The molecule has 0 saturated heterocycles. The molecule has 0 spiro atoms. The lowest BCUT2D eigenvalue weighted by molar-refractivity contribution is -0.671. The van der Waals surface area contributed by atoms with Gasteiger partial charge in [0, 0.05) is 6.92 Å². The van der Waals surface area contributed by atoms with Crippen molar-refractivity contribution in [1.29, 1.82) is 0 Å². The number of aryl methyl sites for hydroxylation is 2. The van der Waals surface area contributed by atoms with E-state index in [9.17, 15) is 4.79 Å². The van der Waals surface area contributed by atoms with Gasteiger partial charge >= 0.3 is 5.97 Å². The predicted octanol–water partition coefficient (Wildman–Crippen LogP) is 1.98. The number of hydrogen-bond donors (Lipinski definition) is 1. The summed E-state index contributed by atoms with van der Waals surface area (Å²) < 4.78 is 8.36. The van der Waals surface area contributed by atoms with Crippen LogP contribution in [0.25, 0.3) is 10.2 Å². The second-order valence-corrected chi connectivity index (χ2v) is 4.98. The van der Waals surface area contributed by atoms with Gasteiger partial charge in [-0.3, -0.25) is 4.79 Å². The van der Waals surface area contributed by atoms with Crippen LogP contribution in [0.5, 0.6) is 5.75 Å². The Labute approximate surface area is 103 Å². The van der Waals surface area contributed by atoms with Crippen molar-refractivity contribution in [2.45, 2.75) is 19.9 Å². The van der Waals surface area contributed by atoms with E-state index in [4.69, 9.17) is 9.84 Å². The van der Waals surface area contributed by atoms with Crippen LogP contribution in [0, 0.1) is 6.92 Å². The Morgan fingerprint density at radius 1 is 1.53 bits per heavy atom. The van der Waals surface area contributed by atoms with Gasteiger partial charge in [-0.2, -0.15) is 4.57 Å². The first-order valence-corrected chi connectivity index (χ1v) is 6.12. The van der Waals surface area contributed by atoms with Gasteiger partial charge in [0.1, 0.15) is 16.9 Å². The number of nitrogens with zero attached hydrogens (tertiary/aromatic N) is 1. The minimum Gasteiger partial charge on any atom is -0.497 e. The van der Waals surface area contributed by atoms with E-state index in [1.54, 1.807) is 18.4 Å². The average molecular weight is 252 g/mol. The van der Waals surface area contributed by atoms with Gasteiger partial charge in [0.2, 0.25) is 10.5 Å². The maximum absolute atomic E-state index is 10.6. The van der Waals surface area contributed by atoms with Gasteiger partial charge in [-0.1, -0.05) is 11.3 Å². The van der Waals surface area contributed by atoms with Gasteiger partial charge in [-0.05, 0) is 12.1 Å². The summed E-state index contributed by atoms with van der Waals surface area (Å²) in [6, 6.07) is 5.86. The molecule has 0 aliphatic heterocycles. The van der Waals surface area contributed by atoms with Gasteiger partial charge in [0.15, 0.2) is 6.54 Å². The van der Waals surface area contributed by atoms with Crippen molar-refractivity contribution in [2.75, 3.05) is 7.11 Å². The number of ether oxygens (including phenoxy) is 1. The number of thiazole rings is 1. The van der Waals surface area contributed by atoms with Gasteiger partial charge in [-0.15, -0.1) is 0 Å². The van der Waals surface area contributed by atoms with Crippen LogP contribution in [0.2, 0.25) is 0 Å². The van der Waals surface area contributed by atoms with E-state index in [-0.39, 0.29) is 6.42 Å². The smallest absolute Gasteiger partial charge is 0.309 e. The van der Waals surface area contributed by atoms with Gasteiger partial charge < -0.3 is 9.84 Å². The van der Waals surface area contributed by atoms with Crippen LogP contribution in [0.4, 0.5) is 0 Å². The fraction of sp³-hybridized carbons (Fsp3) is 0.333. The summed E-state index contributed by atoms with van der Waals surface area (Å²) in [6.07, 6.45) is 0.133. The van der Waals surface area contributed by atoms with Crippen molar-refractivity contribution in [2.24, 2.45) is 0 Å². The van der Waals surface area contributed by atoms with Gasteiger partial charge in [0.25, 0.3) is 0 Å². The molecule has 0 saturated carbocycles. The summed E-state index contributed by atoms with van der Waals surface area (Å²) in [4.78, 5) is 10.6. The Bertz CT molecular complexity index is 562. The molecule has 0 bridgehead atoms. The monoisotopic (exact) mass is 252 g/mol. The van der Waals surface area contributed by atoms with E-state index >= 15 is 0 Å². The maximum atomic E-state index is 10.6. The molecule has 1 N–H and O–H groups in total. The lowest BCUT2D eigenvalue weighted by Gasteiger charge is -1.98. The molecule has 0 unspecified atom stereocenters. The van der Waals surface area contributed by atoms with Crippen LogP contribution in [0.15, 0.2) is 18.2 Å². The third-order valence-electron chi connectivity index (χ3n) is 2.64. The molecule has 1 aromatic heterocycles. The lowest BCUT2D eigenvalue weighted by Crippen LogP contribution is -2.36. The van der Waals surface area contributed by atoms with Crippen LogP contribution in [0.3, 0.4) is 0 Å². The van der Waals surface area contributed by atoms with E-state index in [2.05, 4.69) is 0 Å². The van der Waals surface area contributed by atoms with Crippen molar-refractivity contribution in [1.82, 2.24) is 0 Å². The molecule has 0 aliphatic rings. The zero-order valence-corrected chi connectivity index (χ0v) is 10.6. The Hall–Kier alpha value is -1.62. The molecule has 0 aliphatic carbocycles. The first-order valence-electron chi connectivity index (χ1n) is 5.30. The zero-order valence-electron chi connectivity index (χ0n) is 9.77. The Balaban J connectivity index is 2.44. The maximum Gasteiger partial charge on any atom is 0.309 e. The van der Waals surface area contributed by atoms with E-state index in [0.717, 1.165) is 21.0 Å². The Kier molecular flexibility index (Phi) is 3.28. The topological polar surface area (TPSA) is 50.4 Å². The minimum absolute atomic E-state index is 0.133. The number of rotatable bonds is 4. The fourth-order valence-electron chi connectivity index (χ4n) is 1.79. The number of aliphatic carboxylic acids is 1. The number of methoxy groups -OCH3 is 1. The van der Waals surface area contributed by atoms with E-state index in [1.807, 2.05) is 29.7 Å². The molecule has 5 heteroatoms. The number of carboxylic acid groups (broad SMARTS) is 1. The molecule has 0 radical (unpaired) electrons. The van der Waals surface area contributed by atoms with E-state index in [0.29, 0.717) is 6.54 Å². The quantitative estimate of drug-likeness (QED) is 0.846. The highest BCUT2D eigenvalue weighted by Gasteiger charge is 2.18. The second kappa shape index (κ2) is 4.71. The SMILES string of the molecule is COc1ccc2sc(C)[n+](CCC(=O)O)c2c1. The Morgan fingerprint density at radius 3 is 2.94 bits per heavy atom. The predicted molar refractivity (Wildman–Crippen MR) is 65.6 cm³/mol. The number of benzene rings is 1. The molecule has 2 rings (SSSR count). The van der Waals surface area contributed by atoms with Crippen molar-refractivity contribution in [3.8, 4) is 5.75 Å². The summed E-state index contributed by atoms with van der Waals surface area (Å²) in [5.74, 6) is 0.0125. The molecule has 0 fully saturated rings. The highest BCUT2D eigenvalue weighted by atomic mass is 32.1. The molecule has 1 heterocycles. The summed E-state index contributed by atoms with van der Waals surface area (Å²) in [7, 11) is 1.63. The van der Waals surface area contributed by atoms with Crippen LogP contribution in [-0.4, -0.2) is 18.2 Å². The minimum atomic E-state index is -0.779. The molecule has 2 aromatic rings. The summed E-state index contributed by atoms with van der Waals surface area (Å²) in [5, 5.41) is 9.85. The largest absolute Gasteiger partial charge is 0.497 e. The number of aromatic nitrogens is 1. The van der Waals surface area contributed by atoms with Crippen molar-refractivity contribution >= 4 is 27.5 Å². The lowest BCUT2D eigenvalue weighted by atomic mass is 10.3. The highest BCUT2D eigenvalue weighted by Crippen LogP contribution is 2.24. The van der Waals surface area contributed by atoms with Crippen molar-refractivity contribution < 1.29 is 19.2 Å². The number of fused-ring (bicyclic) bond motifs is 1. The van der Waals surface area contributed by atoms with Crippen LogP contribution in [0.1, 0.15) is 11.4 Å². The average Bonchev–Trinajstić information content (AvgIpc) is 2.61. The van der Waals surface area contributed by atoms with Crippen LogP contribution < -0.4 is 9.30 Å². The summed E-state index contributed by atoms with van der Waals surface area (Å²) in [6.45, 7) is 2.49. The number of carbonyl (C=O) groups is 1. The highest BCUT2D eigenvalue weighted by molar-refractivity contribution is 7.18. The first kappa shape index (κ1) is 11.9. The second-order valence-electron chi connectivity index (χ2n) is 3.75. The molecule has 4 nitrogen and oxygen atoms in total. The van der Waals surface area contributed by atoms with E-state index < -0.39 is 5.97 Å². The molecular formula is C12H14NO3S+. The molecular weight excluding hydrogens is 238 g/mol. The first-order chi connectivity index (χ1) is 8.11. The standard InChI is InChI=1S/C12H13NO3S/c1-8-13(6-5-12(14)15)10-7-9(16-2)3-4-11(10)17-8/h3-4,7H,5-6H2,1-2H3/p+1. The third kappa shape index (κ3) is 2.39. The zero-order chi connectivity index (χ0) is 12.4. The summed E-state index contributed by atoms with van der Waals surface area (Å²) in [5.41, 5.74) is 1.04. The number of carboxylic acids is 1. The third-order valence-corrected chi connectivity index (χ3v) is 3.72. The van der Waals surface area contributed by atoms with Crippen LogP contribution in [-0.2, 0) is 11.3 Å². The van der Waals surface area contributed by atoms with Gasteiger partial charge in [0.05, 0.1) is 13.2 Å². The number of hydrogen-bond acceptors (Lipinski definition) is 3. The van der Waals surface area contributed by atoms with Gasteiger partial charge in [-0.25, -0.2) is 0 Å². The normalized spacial score (nSPS) is 10.7. The Morgan fingerprint density at radius 2 is 2.29 bits per heavy atom. The fourth-order valence-corrected chi connectivity index (χ4v) is 2.82. The van der Waals surface area contributed by atoms with Crippen LogP contribution >= 0.6 is 11.3 Å².